The minimum absolute atomic E-state index is 0.0221. The van der Waals surface area contributed by atoms with Gasteiger partial charge in [0, 0.05) is 24.1 Å². The molecule has 0 radical (unpaired) electrons. The van der Waals surface area contributed by atoms with Crippen LogP contribution < -0.4 is 10.1 Å². The lowest BCUT2D eigenvalue weighted by atomic mass is 9.83. The molecule has 2 atom stereocenters. The van der Waals surface area contributed by atoms with Crippen LogP contribution in [0.3, 0.4) is 0 Å². The van der Waals surface area contributed by atoms with E-state index in [2.05, 4.69) is 12.2 Å². The van der Waals surface area contributed by atoms with Crippen molar-refractivity contribution < 1.29 is 23.9 Å². The summed E-state index contributed by atoms with van der Waals surface area (Å²) < 4.78 is 10.9. The molecule has 1 aliphatic heterocycles. The van der Waals surface area contributed by atoms with E-state index < -0.39 is 23.5 Å². The molecule has 0 saturated carbocycles. The number of para-hydroxylation sites is 1. The van der Waals surface area contributed by atoms with E-state index in [0.29, 0.717) is 18.7 Å². The molecule has 2 rings (SSSR count). The Morgan fingerprint density at radius 2 is 1.93 bits per heavy atom. The molecule has 30 heavy (non-hydrogen) atoms. The van der Waals surface area contributed by atoms with Gasteiger partial charge in [-0.15, -0.1) is 0 Å². The summed E-state index contributed by atoms with van der Waals surface area (Å²) in [6.45, 7) is 7.88. The highest BCUT2D eigenvalue weighted by Crippen LogP contribution is 2.41. The van der Waals surface area contributed by atoms with Crippen LogP contribution in [0.5, 0.6) is 5.75 Å². The Morgan fingerprint density at radius 1 is 1.23 bits per heavy atom. The average Bonchev–Trinajstić information content (AvgIpc) is 2.69. The molecule has 1 heterocycles. The lowest BCUT2D eigenvalue weighted by Crippen LogP contribution is -2.47. The second kappa shape index (κ2) is 10.5. The maximum Gasteiger partial charge on any atom is 0.311 e. The van der Waals surface area contributed by atoms with Crippen molar-refractivity contribution in [3.8, 4) is 5.75 Å². The number of unbranched alkanes of at least 4 members (excludes halogenated alkanes) is 1. The second-order valence-electron chi connectivity index (χ2n) is 8.68. The smallest absolute Gasteiger partial charge is 0.311 e. The van der Waals surface area contributed by atoms with E-state index in [1.807, 2.05) is 45.0 Å². The average molecular weight is 419 g/mol. The van der Waals surface area contributed by atoms with E-state index in [4.69, 9.17) is 9.47 Å². The zero-order valence-corrected chi connectivity index (χ0v) is 18.7. The Morgan fingerprint density at radius 3 is 2.57 bits per heavy atom. The lowest BCUT2D eigenvalue weighted by Gasteiger charge is -2.40. The van der Waals surface area contributed by atoms with Gasteiger partial charge in [0.1, 0.15) is 5.75 Å². The summed E-state index contributed by atoms with van der Waals surface area (Å²) in [5, 5.41) is 2.78. The van der Waals surface area contributed by atoms with Crippen LogP contribution >= 0.6 is 0 Å². The van der Waals surface area contributed by atoms with Crippen molar-refractivity contribution in [3.05, 3.63) is 29.8 Å². The van der Waals surface area contributed by atoms with E-state index in [1.54, 1.807) is 12.0 Å². The molecule has 1 aromatic rings. The molecular weight excluding hydrogens is 384 g/mol. The zero-order valence-electron chi connectivity index (χ0n) is 18.7. The number of piperidine rings is 1. The number of ether oxygens (including phenoxy) is 2. The first-order valence-corrected chi connectivity index (χ1v) is 10.6. The standard InChI is InChI=1S/C23H34N2O5/c1-6-7-14-25-20(27)13-12-17(21(25)16-10-8-9-11-18(16)29-5)22(28)30-15-19(26)24-23(2,3)4/h8-11,17,21H,6-7,12-15H2,1-5H3,(H,24,26)/t17-,21-/m1/s1. The lowest BCUT2D eigenvalue weighted by molar-refractivity contribution is -0.160. The van der Waals surface area contributed by atoms with Crippen molar-refractivity contribution in [3.63, 3.8) is 0 Å². The molecule has 1 saturated heterocycles. The third-order valence-corrected chi connectivity index (χ3v) is 5.08. The normalized spacial score (nSPS) is 19.4. The van der Waals surface area contributed by atoms with Gasteiger partial charge in [0.2, 0.25) is 5.91 Å². The molecule has 0 aliphatic carbocycles. The number of nitrogens with one attached hydrogen (secondary N) is 1. The van der Waals surface area contributed by atoms with Gasteiger partial charge in [0.15, 0.2) is 6.61 Å². The number of amides is 2. The summed E-state index contributed by atoms with van der Waals surface area (Å²) in [6, 6.07) is 6.95. The Balaban J connectivity index is 2.27. The maximum atomic E-state index is 13.0. The number of esters is 1. The highest BCUT2D eigenvalue weighted by molar-refractivity contribution is 5.85. The quantitative estimate of drug-likeness (QED) is 0.655. The number of rotatable bonds is 8. The Kier molecular flexibility index (Phi) is 8.26. The molecular formula is C23H34N2O5. The summed E-state index contributed by atoms with van der Waals surface area (Å²) in [6.07, 6.45) is 2.44. The fourth-order valence-corrected chi connectivity index (χ4v) is 3.79. The summed E-state index contributed by atoms with van der Waals surface area (Å²) >= 11 is 0. The molecule has 1 aliphatic rings. The van der Waals surface area contributed by atoms with Crippen molar-refractivity contribution in [1.29, 1.82) is 0 Å². The Hall–Kier alpha value is -2.57. The number of likely N-dealkylation sites (tertiary alicyclic amines) is 1. The number of benzene rings is 1. The van der Waals surface area contributed by atoms with Crippen LogP contribution in [-0.4, -0.2) is 48.5 Å². The largest absolute Gasteiger partial charge is 0.496 e. The van der Waals surface area contributed by atoms with Crippen LogP contribution in [0, 0.1) is 5.92 Å². The van der Waals surface area contributed by atoms with Gasteiger partial charge in [0.25, 0.3) is 5.91 Å². The van der Waals surface area contributed by atoms with Gasteiger partial charge < -0.3 is 19.7 Å². The van der Waals surface area contributed by atoms with E-state index in [0.717, 1.165) is 18.4 Å². The fourth-order valence-electron chi connectivity index (χ4n) is 3.79. The van der Waals surface area contributed by atoms with Crippen LogP contribution in [0.2, 0.25) is 0 Å². The summed E-state index contributed by atoms with van der Waals surface area (Å²) in [7, 11) is 1.57. The van der Waals surface area contributed by atoms with E-state index in [-0.39, 0.29) is 24.8 Å². The van der Waals surface area contributed by atoms with Gasteiger partial charge in [0.05, 0.1) is 19.1 Å². The van der Waals surface area contributed by atoms with Gasteiger partial charge in [-0.2, -0.15) is 0 Å². The van der Waals surface area contributed by atoms with Gasteiger partial charge >= 0.3 is 5.97 Å². The van der Waals surface area contributed by atoms with Crippen LogP contribution in [0.25, 0.3) is 0 Å². The first-order chi connectivity index (χ1) is 14.2. The van der Waals surface area contributed by atoms with Crippen molar-refractivity contribution in [2.75, 3.05) is 20.3 Å². The first-order valence-electron chi connectivity index (χ1n) is 10.6. The van der Waals surface area contributed by atoms with Gasteiger partial charge in [-0.25, -0.2) is 0 Å². The van der Waals surface area contributed by atoms with E-state index in [1.165, 1.54) is 0 Å². The molecule has 1 N–H and O–H groups in total. The Bertz CT molecular complexity index is 756. The number of nitrogens with zero attached hydrogens (tertiary/aromatic N) is 1. The van der Waals surface area contributed by atoms with E-state index in [9.17, 15) is 14.4 Å². The number of methoxy groups -OCH3 is 1. The Labute approximate surface area is 179 Å². The highest BCUT2D eigenvalue weighted by Gasteiger charge is 2.42. The van der Waals surface area contributed by atoms with E-state index >= 15 is 0 Å². The van der Waals surface area contributed by atoms with Gasteiger partial charge in [-0.3, -0.25) is 14.4 Å². The topological polar surface area (TPSA) is 84.9 Å². The van der Waals surface area contributed by atoms with Crippen LogP contribution in [0.4, 0.5) is 0 Å². The minimum Gasteiger partial charge on any atom is -0.496 e. The van der Waals surface area contributed by atoms with Crippen LogP contribution in [-0.2, 0) is 19.1 Å². The predicted octanol–water partition coefficient (Wildman–Crippen LogP) is 3.23. The summed E-state index contributed by atoms with van der Waals surface area (Å²) in [4.78, 5) is 39.6. The fraction of sp³-hybridized carbons (Fsp3) is 0.609. The zero-order chi connectivity index (χ0) is 22.3. The molecule has 1 fully saturated rings. The van der Waals surface area contributed by atoms with Gasteiger partial charge in [-0.05, 0) is 39.7 Å². The molecule has 166 valence electrons. The van der Waals surface area contributed by atoms with Crippen LogP contribution in [0.15, 0.2) is 24.3 Å². The predicted molar refractivity (Wildman–Crippen MR) is 114 cm³/mol. The minimum atomic E-state index is -0.557. The summed E-state index contributed by atoms with van der Waals surface area (Å²) in [5.41, 5.74) is 0.378. The highest BCUT2D eigenvalue weighted by atomic mass is 16.5. The molecule has 2 amide bonds. The molecule has 7 heteroatoms. The molecule has 7 nitrogen and oxygen atoms in total. The molecule has 0 unspecified atom stereocenters. The summed E-state index contributed by atoms with van der Waals surface area (Å²) in [5.74, 6) is -0.725. The maximum absolute atomic E-state index is 13.0. The van der Waals surface area contributed by atoms with Crippen molar-refractivity contribution in [2.24, 2.45) is 5.92 Å². The van der Waals surface area contributed by atoms with Crippen LogP contribution in [0.1, 0.15) is 65.0 Å². The van der Waals surface area contributed by atoms with Crippen molar-refractivity contribution in [2.45, 2.75) is 65.0 Å². The number of carbonyl (C=O) groups is 3. The number of carbonyl (C=O) groups excluding carboxylic acids is 3. The molecule has 0 bridgehead atoms. The molecule has 0 spiro atoms. The number of hydrogen-bond acceptors (Lipinski definition) is 5. The third kappa shape index (κ3) is 6.21. The molecule has 1 aromatic carbocycles. The SMILES string of the molecule is CCCCN1C(=O)CC[C@@H](C(=O)OCC(=O)NC(C)(C)C)[C@H]1c1ccccc1OC. The van der Waals surface area contributed by atoms with Crippen molar-refractivity contribution in [1.82, 2.24) is 10.2 Å². The van der Waals surface area contributed by atoms with Gasteiger partial charge in [-0.1, -0.05) is 31.5 Å². The monoisotopic (exact) mass is 418 g/mol. The number of hydrogen-bond donors (Lipinski definition) is 1. The first kappa shape index (κ1) is 23.7. The third-order valence-electron chi connectivity index (χ3n) is 5.08. The second-order valence-corrected chi connectivity index (χ2v) is 8.68. The molecule has 0 aromatic heterocycles. The van der Waals surface area contributed by atoms with Crippen molar-refractivity contribution >= 4 is 17.8 Å².